The normalized spacial score (nSPS) is 10.6. The minimum absolute atomic E-state index is 0.106. The number of hydrogen-bond donors (Lipinski definition) is 0. The van der Waals surface area contributed by atoms with E-state index in [0.717, 1.165) is 6.07 Å². The first kappa shape index (κ1) is 16.6. The monoisotopic (exact) mass is 286 g/mol. The van der Waals surface area contributed by atoms with E-state index in [-0.39, 0.29) is 23.7 Å². The predicted molar refractivity (Wildman–Crippen MR) is 70.8 cm³/mol. The maximum absolute atomic E-state index is 13.4. The molecule has 0 saturated carbocycles. The number of benzene rings is 1. The van der Waals surface area contributed by atoms with Crippen LogP contribution in [0.25, 0.3) is 0 Å². The summed E-state index contributed by atoms with van der Waals surface area (Å²) < 4.78 is 33.3. The molecule has 0 aliphatic carbocycles. The molecule has 20 heavy (non-hydrogen) atoms. The summed E-state index contributed by atoms with van der Waals surface area (Å²) in [4.78, 5) is 11.7. The van der Waals surface area contributed by atoms with Crippen LogP contribution in [-0.4, -0.2) is 53.0 Å². The molecule has 112 valence electrons. The zero-order chi connectivity index (χ0) is 14.8. The van der Waals surface area contributed by atoms with E-state index in [4.69, 9.17) is 18.9 Å². The van der Waals surface area contributed by atoms with E-state index in [1.807, 2.05) is 0 Å². The molecule has 0 N–H and O–H groups in total. The smallest absolute Gasteiger partial charge is 0.188 e. The van der Waals surface area contributed by atoms with Crippen molar-refractivity contribution in [2.45, 2.75) is 0 Å². The zero-order valence-electron chi connectivity index (χ0n) is 11.7. The van der Waals surface area contributed by atoms with Gasteiger partial charge in [0.05, 0.1) is 33.5 Å². The van der Waals surface area contributed by atoms with Gasteiger partial charge in [0.1, 0.15) is 6.61 Å². The lowest BCUT2D eigenvalue weighted by Gasteiger charge is -2.06. The number of carbonyl (C=O) groups excluding carboxylic acids is 1. The van der Waals surface area contributed by atoms with Gasteiger partial charge in [0.15, 0.2) is 17.3 Å². The van der Waals surface area contributed by atoms with Gasteiger partial charge in [0, 0.05) is 12.7 Å². The van der Waals surface area contributed by atoms with Crippen LogP contribution >= 0.6 is 0 Å². The number of carbonyl (C=O) groups is 1. The summed E-state index contributed by atoms with van der Waals surface area (Å²) in [6, 6.07) is 4.05. The van der Waals surface area contributed by atoms with Crippen LogP contribution in [0.4, 0.5) is 4.39 Å². The van der Waals surface area contributed by atoms with Crippen LogP contribution < -0.4 is 4.74 Å². The highest BCUT2D eigenvalue weighted by molar-refractivity contribution is 5.97. The number of methoxy groups -OCH3 is 2. The highest BCUT2D eigenvalue weighted by Gasteiger charge is 2.10. The van der Waals surface area contributed by atoms with Gasteiger partial charge in [0.25, 0.3) is 0 Å². The molecule has 6 heteroatoms. The molecule has 1 rings (SSSR count). The van der Waals surface area contributed by atoms with E-state index in [2.05, 4.69) is 0 Å². The van der Waals surface area contributed by atoms with Gasteiger partial charge in [-0.3, -0.25) is 4.79 Å². The molecule has 0 atom stereocenters. The predicted octanol–water partition coefficient (Wildman–Crippen LogP) is 1.70. The molecule has 0 radical (unpaired) electrons. The third kappa shape index (κ3) is 5.64. The lowest BCUT2D eigenvalue weighted by Crippen LogP contribution is -2.14. The zero-order valence-corrected chi connectivity index (χ0v) is 11.7. The SMILES string of the molecule is COCCOCCOCC(=O)c1ccc(OC)c(F)c1. The second kappa shape index (κ2) is 9.41. The maximum atomic E-state index is 13.4. The van der Waals surface area contributed by atoms with Gasteiger partial charge in [-0.05, 0) is 18.2 Å². The van der Waals surface area contributed by atoms with Crippen LogP contribution in [0.5, 0.6) is 5.75 Å². The molecule has 1 aromatic rings. The first-order chi connectivity index (χ1) is 9.69. The summed E-state index contributed by atoms with van der Waals surface area (Å²) in [5.74, 6) is -0.751. The highest BCUT2D eigenvalue weighted by atomic mass is 19.1. The van der Waals surface area contributed by atoms with Crippen molar-refractivity contribution in [3.8, 4) is 5.75 Å². The van der Waals surface area contributed by atoms with E-state index in [1.54, 1.807) is 7.11 Å². The Morgan fingerprint density at radius 3 is 2.45 bits per heavy atom. The summed E-state index contributed by atoms with van der Waals surface area (Å²) >= 11 is 0. The van der Waals surface area contributed by atoms with Crippen molar-refractivity contribution >= 4 is 5.78 Å². The van der Waals surface area contributed by atoms with Crippen molar-refractivity contribution in [1.82, 2.24) is 0 Å². The molecule has 0 spiro atoms. The summed E-state index contributed by atoms with van der Waals surface area (Å²) in [5.41, 5.74) is 0.253. The van der Waals surface area contributed by atoms with Gasteiger partial charge in [-0.15, -0.1) is 0 Å². The topological polar surface area (TPSA) is 54.0 Å². The molecule has 1 aromatic carbocycles. The van der Waals surface area contributed by atoms with Crippen LogP contribution in [0, 0.1) is 5.82 Å². The fraction of sp³-hybridized carbons (Fsp3) is 0.500. The van der Waals surface area contributed by atoms with Crippen molar-refractivity contribution in [3.63, 3.8) is 0 Å². The number of halogens is 1. The van der Waals surface area contributed by atoms with Crippen LogP contribution in [0.15, 0.2) is 18.2 Å². The van der Waals surface area contributed by atoms with Crippen molar-refractivity contribution in [3.05, 3.63) is 29.6 Å². The summed E-state index contributed by atoms with van der Waals surface area (Å²) in [7, 11) is 2.96. The first-order valence-corrected chi connectivity index (χ1v) is 6.20. The van der Waals surface area contributed by atoms with E-state index in [9.17, 15) is 9.18 Å². The molecular formula is C14H19FO5. The summed E-state index contributed by atoms with van der Waals surface area (Å²) in [6.45, 7) is 1.57. The minimum Gasteiger partial charge on any atom is -0.494 e. The van der Waals surface area contributed by atoms with Crippen molar-refractivity contribution in [1.29, 1.82) is 0 Å². The summed E-state index contributed by atoms with van der Waals surface area (Å²) in [5, 5.41) is 0. The molecule has 5 nitrogen and oxygen atoms in total. The lowest BCUT2D eigenvalue weighted by molar-refractivity contribution is 0.0253. The number of Topliss-reactive ketones (excluding diaryl/α,β-unsaturated/α-hetero) is 1. The number of hydrogen-bond acceptors (Lipinski definition) is 5. The quantitative estimate of drug-likeness (QED) is 0.484. The molecule has 0 unspecified atom stereocenters. The van der Waals surface area contributed by atoms with Gasteiger partial charge >= 0.3 is 0 Å². The Hall–Kier alpha value is -1.50. The largest absolute Gasteiger partial charge is 0.494 e. The average Bonchev–Trinajstić information content (AvgIpc) is 2.46. The third-order valence-electron chi connectivity index (χ3n) is 2.51. The third-order valence-corrected chi connectivity index (χ3v) is 2.51. The molecule has 0 fully saturated rings. The Balaban J connectivity index is 2.27. The van der Waals surface area contributed by atoms with Gasteiger partial charge < -0.3 is 18.9 Å². The molecule has 0 aliphatic heterocycles. The number of ether oxygens (including phenoxy) is 4. The molecule has 0 aromatic heterocycles. The van der Waals surface area contributed by atoms with E-state index in [0.29, 0.717) is 26.4 Å². The van der Waals surface area contributed by atoms with Crippen LogP contribution in [-0.2, 0) is 14.2 Å². The average molecular weight is 286 g/mol. The molecule has 0 amide bonds. The second-order valence-corrected chi connectivity index (χ2v) is 3.93. The van der Waals surface area contributed by atoms with Crippen LogP contribution in [0.2, 0.25) is 0 Å². The van der Waals surface area contributed by atoms with Gasteiger partial charge in [-0.1, -0.05) is 0 Å². The number of ketones is 1. The maximum Gasteiger partial charge on any atom is 0.188 e. The Morgan fingerprint density at radius 1 is 1.10 bits per heavy atom. The first-order valence-electron chi connectivity index (χ1n) is 6.20. The Labute approximate surface area is 117 Å². The Morgan fingerprint density at radius 2 is 1.80 bits per heavy atom. The molecule has 0 bridgehead atoms. The molecule has 0 saturated heterocycles. The standard InChI is InChI=1S/C14H19FO5/c1-17-5-6-19-7-8-20-10-13(16)11-3-4-14(18-2)12(15)9-11/h3-4,9H,5-8,10H2,1-2H3. The summed E-state index contributed by atoms with van der Waals surface area (Å²) in [6.07, 6.45) is 0. The second-order valence-electron chi connectivity index (χ2n) is 3.93. The van der Waals surface area contributed by atoms with Crippen molar-refractivity contribution < 1.29 is 28.1 Å². The molecule has 0 aliphatic rings. The Kier molecular flexibility index (Phi) is 7.79. The van der Waals surface area contributed by atoms with E-state index in [1.165, 1.54) is 19.2 Å². The minimum atomic E-state index is -0.568. The van der Waals surface area contributed by atoms with Gasteiger partial charge in [-0.25, -0.2) is 4.39 Å². The molecular weight excluding hydrogens is 267 g/mol. The van der Waals surface area contributed by atoms with Gasteiger partial charge in [-0.2, -0.15) is 0 Å². The van der Waals surface area contributed by atoms with Crippen LogP contribution in [0.3, 0.4) is 0 Å². The van der Waals surface area contributed by atoms with Gasteiger partial charge in [0.2, 0.25) is 0 Å². The van der Waals surface area contributed by atoms with Crippen molar-refractivity contribution in [2.75, 3.05) is 47.3 Å². The van der Waals surface area contributed by atoms with Crippen molar-refractivity contribution in [2.24, 2.45) is 0 Å². The van der Waals surface area contributed by atoms with Crippen LogP contribution in [0.1, 0.15) is 10.4 Å². The number of rotatable bonds is 10. The fourth-order valence-corrected chi connectivity index (χ4v) is 1.45. The van der Waals surface area contributed by atoms with E-state index >= 15 is 0 Å². The Bertz CT molecular complexity index is 422. The molecule has 0 heterocycles. The highest BCUT2D eigenvalue weighted by Crippen LogP contribution is 2.17. The van der Waals surface area contributed by atoms with E-state index < -0.39 is 5.82 Å². The fourth-order valence-electron chi connectivity index (χ4n) is 1.45. The lowest BCUT2D eigenvalue weighted by atomic mass is 10.1.